The van der Waals surface area contributed by atoms with Crippen LogP contribution >= 0.6 is 0 Å². The van der Waals surface area contributed by atoms with Gasteiger partial charge in [0.05, 0.1) is 0 Å². The molecule has 1 saturated heterocycles. The molecule has 0 spiro atoms. The van der Waals surface area contributed by atoms with Crippen molar-refractivity contribution in [3.8, 4) is 0 Å². The third-order valence-corrected chi connectivity index (χ3v) is 33.0. The molecule has 4 aromatic rings. The average Bonchev–Trinajstić information content (AvgIpc) is 2.85. The summed E-state index contributed by atoms with van der Waals surface area (Å²) in [5.74, 6) is 0. The summed E-state index contributed by atoms with van der Waals surface area (Å²) in [5.41, 5.74) is 0. The lowest BCUT2D eigenvalue weighted by Gasteiger charge is -2.78. The largest absolute Gasteiger partial charge is 0.331 e. The zero-order chi connectivity index (χ0) is 25.6. The molecule has 36 heavy (non-hydrogen) atoms. The van der Waals surface area contributed by atoms with Crippen molar-refractivity contribution < 1.29 is 0 Å². The van der Waals surface area contributed by atoms with Crippen molar-refractivity contribution in [3.05, 3.63) is 121 Å². The fraction of sp³-hybridized carbons (Fsp3) is 0.200. The normalized spacial score (nSPS) is 17.9. The first-order chi connectivity index (χ1) is 17.2. The molecule has 5 rings (SSSR count). The van der Waals surface area contributed by atoms with Crippen molar-refractivity contribution in [1.29, 1.82) is 0 Å². The monoisotopic (exact) mass is 538 g/mol. The fourth-order valence-corrected chi connectivity index (χ4v) is 41.4. The third kappa shape index (κ3) is 3.70. The summed E-state index contributed by atoms with van der Waals surface area (Å²) in [6.45, 7) is 15.5. The van der Waals surface area contributed by atoms with Crippen LogP contribution in [0.3, 0.4) is 0 Å². The molecule has 0 saturated carbocycles. The lowest BCUT2D eigenvalue weighted by atomic mass is 10.4. The van der Waals surface area contributed by atoms with Gasteiger partial charge in [-0.25, -0.2) is 0 Å². The highest BCUT2D eigenvalue weighted by molar-refractivity contribution is 7.35. The molecule has 1 heterocycles. The Morgan fingerprint density at radius 3 is 0.722 bits per heavy atom. The van der Waals surface area contributed by atoms with Gasteiger partial charge in [0.25, 0.3) is 0 Å². The van der Waals surface area contributed by atoms with E-state index in [1.165, 1.54) is 20.7 Å². The highest BCUT2D eigenvalue weighted by Crippen LogP contribution is 2.45. The summed E-state index contributed by atoms with van der Waals surface area (Å²) < 4.78 is 6.42. The number of hydrogen-bond acceptors (Lipinski definition) is 2. The molecule has 1 fully saturated rings. The number of nitrogens with zero attached hydrogens (tertiary/aromatic N) is 2. The highest BCUT2D eigenvalue weighted by Gasteiger charge is 2.77. The predicted molar refractivity (Wildman–Crippen MR) is 166 cm³/mol. The lowest BCUT2D eigenvalue weighted by molar-refractivity contribution is 0.655. The Bertz CT molecular complexity index is 1110. The van der Waals surface area contributed by atoms with Gasteiger partial charge in [0, 0.05) is 0 Å². The summed E-state index contributed by atoms with van der Waals surface area (Å²) in [7, 11) is -8.67. The van der Waals surface area contributed by atoms with Gasteiger partial charge in [0.2, 0.25) is 16.8 Å². The maximum Gasteiger partial charge on any atom is 0.249 e. The van der Waals surface area contributed by atoms with Gasteiger partial charge in [-0.15, -0.1) is 0 Å². The Labute approximate surface area is 221 Å². The van der Waals surface area contributed by atoms with E-state index >= 15 is 0 Å². The van der Waals surface area contributed by atoms with Gasteiger partial charge in [0.1, 0.15) is 16.5 Å². The van der Waals surface area contributed by atoms with Crippen LogP contribution in [0.4, 0.5) is 0 Å². The van der Waals surface area contributed by atoms with Gasteiger partial charge in [-0.3, -0.25) is 0 Å². The van der Waals surface area contributed by atoms with Crippen molar-refractivity contribution in [2.45, 2.75) is 39.3 Å². The number of rotatable bonds is 6. The minimum absolute atomic E-state index is 1.52. The molecule has 0 N–H and O–H groups in total. The molecule has 6 heteroatoms. The van der Waals surface area contributed by atoms with E-state index in [4.69, 9.17) is 0 Å². The van der Waals surface area contributed by atoms with Crippen LogP contribution in [0.1, 0.15) is 0 Å². The van der Waals surface area contributed by atoms with E-state index in [0.29, 0.717) is 0 Å². The average molecular weight is 539 g/mol. The molecule has 0 aromatic heterocycles. The SMILES string of the molecule is C[Si](C)(C)N1[Si](c2ccccc2)(c2ccccc2)N([Si](C)(C)C)[Si]1(c1ccccc1)c1ccccc1. The number of hydrogen-bond donors (Lipinski definition) is 0. The zero-order valence-electron chi connectivity index (χ0n) is 22.4. The second-order valence-corrected chi connectivity index (χ2v) is 30.9. The first-order valence-corrected chi connectivity index (χ1v) is 23.7. The second-order valence-electron chi connectivity index (χ2n) is 11.8. The van der Waals surface area contributed by atoms with Crippen LogP contribution in [0.25, 0.3) is 0 Å². The smallest absolute Gasteiger partial charge is 0.249 e. The van der Waals surface area contributed by atoms with Crippen LogP contribution in [-0.2, 0) is 0 Å². The van der Waals surface area contributed by atoms with Gasteiger partial charge < -0.3 is 7.79 Å². The molecule has 0 aliphatic carbocycles. The first kappa shape index (κ1) is 25.3. The molecule has 0 atom stereocenters. The van der Waals surface area contributed by atoms with E-state index in [9.17, 15) is 0 Å². The molecule has 184 valence electrons. The zero-order valence-corrected chi connectivity index (χ0v) is 26.4. The van der Waals surface area contributed by atoms with Crippen LogP contribution in [0.15, 0.2) is 121 Å². The lowest BCUT2D eigenvalue weighted by Crippen LogP contribution is -3.11. The molecule has 1 aliphatic rings. The van der Waals surface area contributed by atoms with Gasteiger partial charge in [-0.2, -0.15) is 0 Å². The molecule has 4 aromatic carbocycles. The Morgan fingerprint density at radius 1 is 0.361 bits per heavy atom. The van der Waals surface area contributed by atoms with E-state index in [2.05, 4.69) is 168 Å². The molecule has 0 amide bonds. The van der Waals surface area contributed by atoms with Gasteiger partial charge >= 0.3 is 0 Å². The van der Waals surface area contributed by atoms with Gasteiger partial charge in [-0.1, -0.05) is 161 Å². The first-order valence-electron chi connectivity index (χ1n) is 13.0. The summed E-state index contributed by atoms with van der Waals surface area (Å²) in [6.07, 6.45) is 0. The van der Waals surface area contributed by atoms with E-state index in [1.807, 2.05) is 0 Å². The van der Waals surface area contributed by atoms with E-state index in [0.717, 1.165) is 0 Å². The standard InChI is InChI=1S/C30H38N2Si4/c1-33(2,3)31-35(27-19-11-7-12-20-27,28-21-13-8-14-22-28)32(34(4,5)6)36(31,29-23-15-9-16-24-29)30-25-17-10-18-26-30/h7-26H,1-6H3. The van der Waals surface area contributed by atoms with Crippen molar-refractivity contribution in [2.24, 2.45) is 0 Å². The van der Waals surface area contributed by atoms with Gasteiger partial charge in [-0.05, 0) is 20.7 Å². The summed E-state index contributed by atoms with van der Waals surface area (Å²) in [6, 6.07) is 46.1. The molecule has 0 bridgehead atoms. The molecular formula is C30H38N2Si4. The summed E-state index contributed by atoms with van der Waals surface area (Å²) >= 11 is 0. The fourth-order valence-electron chi connectivity index (χ4n) is 6.61. The second kappa shape index (κ2) is 9.20. The Morgan fingerprint density at radius 2 is 0.556 bits per heavy atom. The van der Waals surface area contributed by atoms with Crippen LogP contribution in [0.5, 0.6) is 0 Å². The van der Waals surface area contributed by atoms with Crippen molar-refractivity contribution in [2.75, 3.05) is 0 Å². The summed E-state index contributed by atoms with van der Waals surface area (Å²) in [4.78, 5) is 0. The maximum atomic E-state index is 3.21. The van der Waals surface area contributed by atoms with Crippen LogP contribution in [-0.4, -0.2) is 41.1 Å². The maximum absolute atomic E-state index is 3.21. The third-order valence-electron chi connectivity index (χ3n) is 7.34. The minimum Gasteiger partial charge on any atom is -0.331 e. The topological polar surface area (TPSA) is 6.48 Å². The Balaban J connectivity index is 1.99. The van der Waals surface area contributed by atoms with Crippen LogP contribution in [0.2, 0.25) is 39.3 Å². The quantitative estimate of drug-likeness (QED) is 0.326. The minimum atomic E-state index is -2.47. The van der Waals surface area contributed by atoms with Crippen molar-refractivity contribution >= 4 is 54.0 Å². The van der Waals surface area contributed by atoms with E-state index < -0.39 is 33.3 Å². The molecule has 0 unspecified atom stereocenters. The van der Waals surface area contributed by atoms with Crippen molar-refractivity contribution in [3.63, 3.8) is 0 Å². The van der Waals surface area contributed by atoms with E-state index in [1.54, 1.807) is 0 Å². The molecule has 2 nitrogen and oxygen atoms in total. The summed E-state index contributed by atoms with van der Waals surface area (Å²) in [5, 5.41) is 6.10. The Kier molecular flexibility index (Phi) is 6.47. The highest BCUT2D eigenvalue weighted by atomic mass is 28.6. The Hall–Kier alpha value is -2.33. The van der Waals surface area contributed by atoms with E-state index in [-0.39, 0.29) is 0 Å². The molecular weight excluding hydrogens is 501 g/mol. The number of benzene rings is 4. The van der Waals surface area contributed by atoms with Crippen molar-refractivity contribution in [1.82, 2.24) is 7.79 Å². The van der Waals surface area contributed by atoms with Crippen LogP contribution < -0.4 is 20.7 Å². The van der Waals surface area contributed by atoms with Gasteiger partial charge in [0.15, 0.2) is 0 Å². The molecule has 1 aliphatic heterocycles. The van der Waals surface area contributed by atoms with Crippen LogP contribution in [0, 0.1) is 0 Å². The predicted octanol–water partition coefficient (Wildman–Crippen LogP) is 4.79. The molecule has 0 radical (unpaired) electrons.